The Morgan fingerprint density at radius 2 is 1.90 bits per heavy atom. The SMILES string of the molecule is O=S(=O)(NC1CCN(c2ncnc3c2CCCC3)CC1)c1ccc2c(c1)CCO2. The molecule has 1 aromatic carbocycles. The molecular formula is C21H26N4O3S. The average Bonchev–Trinajstić information content (AvgIpc) is 3.22. The van der Waals surface area contributed by atoms with Gasteiger partial charge < -0.3 is 9.64 Å². The number of sulfonamides is 1. The summed E-state index contributed by atoms with van der Waals surface area (Å²) in [6, 6.07) is 5.08. The van der Waals surface area contributed by atoms with Crippen molar-refractivity contribution < 1.29 is 13.2 Å². The molecule has 0 unspecified atom stereocenters. The van der Waals surface area contributed by atoms with E-state index >= 15 is 0 Å². The zero-order valence-corrected chi connectivity index (χ0v) is 17.2. The van der Waals surface area contributed by atoms with Crippen molar-refractivity contribution in [2.45, 2.75) is 55.9 Å². The molecule has 1 aliphatic carbocycles. The first kappa shape index (κ1) is 18.8. The topological polar surface area (TPSA) is 84.4 Å². The van der Waals surface area contributed by atoms with E-state index in [1.165, 1.54) is 24.1 Å². The first-order valence-corrected chi connectivity index (χ1v) is 11.9. The lowest BCUT2D eigenvalue weighted by molar-refractivity contribution is 0.356. The fraction of sp³-hybridized carbons (Fsp3) is 0.524. The van der Waals surface area contributed by atoms with E-state index < -0.39 is 10.0 Å². The standard InChI is InChI=1S/C21H26N4O3S/c26-29(27,17-5-6-20-15(13-17)9-12-28-20)24-16-7-10-25(11-8-16)21-18-3-1-2-4-19(18)22-14-23-21/h5-6,13-14,16,24H,1-4,7-12H2. The first-order chi connectivity index (χ1) is 14.1. The molecule has 8 heteroatoms. The van der Waals surface area contributed by atoms with Crippen LogP contribution in [-0.2, 0) is 29.3 Å². The number of piperidine rings is 1. The van der Waals surface area contributed by atoms with Crippen molar-refractivity contribution in [3.8, 4) is 5.75 Å². The Kier molecular flexibility index (Phi) is 4.91. The Morgan fingerprint density at radius 3 is 2.76 bits per heavy atom. The number of nitrogens with zero attached hydrogens (tertiary/aromatic N) is 3. The fourth-order valence-electron chi connectivity index (χ4n) is 4.60. The molecule has 0 saturated carbocycles. The van der Waals surface area contributed by atoms with Crippen LogP contribution in [0.5, 0.6) is 5.75 Å². The highest BCUT2D eigenvalue weighted by Crippen LogP contribution is 2.30. The van der Waals surface area contributed by atoms with Gasteiger partial charge in [0, 0.05) is 36.8 Å². The van der Waals surface area contributed by atoms with Crippen LogP contribution in [0, 0.1) is 0 Å². The van der Waals surface area contributed by atoms with E-state index in [-0.39, 0.29) is 6.04 Å². The molecule has 1 fully saturated rings. The Balaban J connectivity index is 1.25. The summed E-state index contributed by atoms with van der Waals surface area (Å²) >= 11 is 0. The van der Waals surface area contributed by atoms with E-state index in [1.54, 1.807) is 24.5 Å². The maximum atomic E-state index is 12.9. The molecule has 3 aliphatic rings. The number of benzene rings is 1. The number of ether oxygens (including phenoxy) is 1. The normalized spacial score (nSPS) is 19.5. The first-order valence-electron chi connectivity index (χ1n) is 10.5. The quantitative estimate of drug-likeness (QED) is 0.826. The molecule has 5 rings (SSSR count). The van der Waals surface area contributed by atoms with Crippen LogP contribution in [0.25, 0.3) is 0 Å². The molecule has 7 nitrogen and oxygen atoms in total. The van der Waals surface area contributed by atoms with Crippen LogP contribution in [0.2, 0.25) is 0 Å². The minimum atomic E-state index is -3.53. The molecule has 0 radical (unpaired) electrons. The smallest absolute Gasteiger partial charge is 0.240 e. The molecule has 1 N–H and O–H groups in total. The number of rotatable bonds is 4. The van der Waals surface area contributed by atoms with E-state index in [9.17, 15) is 8.42 Å². The Labute approximate surface area is 171 Å². The minimum absolute atomic E-state index is 0.0570. The number of hydrogen-bond donors (Lipinski definition) is 1. The van der Waals surface area contributed by atoms with Gasteiger partial charge in [-0.15, -0.1) is 0 Å². The Morgan fingerprint density at radius 1 is 1.07 bits per heavy atom. The van der Waals surface area contributed by atoms with Crippen molar-refractivity contribution in [2.75, 3.05) is 24.6 Å². The summed E-state index contributed by atoms with van der Waals surface area (Å²) in [7, 11) is -3.53. The van der Waals surface area contributed by atoms with Gasteiger partial charge in [0.2, 0.25) is 10.0 Å². The van der Waals surface area contributed by atoms with Crippen molar-refractivity contribution >= 4 is 15.8 Å². The molecule has 0 bridgehead atoms. The van der Waals surface area contributed by atoms with Crippen LogP contribution >= 0.6 is 0 Å². The number of fused-ring (bicyclic) bond motifs is 2. The average molecular weight is 415 g/mol. The second-order valence-corrected chi connectivity index (χ2v) is 9.79. The third kappa shape index (κ3) is 3.71. The van der Waals surface area contributed by atoms with E-state index in [0.29, 0.717) is 11.5 Å². The number of aryl methyl sites for hydroxylation is 1. The van der Waals surface area contributed by atoms with Gasteiger partial charge in [-0.25, -0.2) is 23.1 Å². The molecular weight excluding hydrogens is 388 g/mol. The lowest BCUT2D eigenvalue weighted by atomic mass is 9.95. The lowest BCUT2D eigenvalue weighted by Crippen LogP contribution is -2.45. The molecule has 154 valence electrons. The molecule has 2 aliphatic heterocycles. The van der Waals surface area contributed by atoms with Gasteiger partial charge in [-0.05, 0) is 62.3 Å². The largest absolute Gasteiger partial charge is 0.493 e. The highest BCUT2D eigenvalue weighted by molar-refractivity contribution is 7.89. The molecule has 0 amide bonds. The van der Waals surface area contributed by atoms with Gasteiger partial charge in [-0.3, -0.25) is 0 Å². The summed E-state index contributed by atoms with van der Waals surface area (Å²) in [5, 5.41) is 0. The predicted molar refractivity (Wildman–Crippen MR) is 110 cm³/mol. The highest BCUT2D eigenvalue weighted by atomic mass is 32.2. The van der Waals surface area contributed by atoms with Crippen LogP contribution in [0.4, 0.5) is 5.82 Å². The Bertz CT molecular complexity index is 1020. The van der Waals surface area contributed by atoms with E-state index in [4.69, 9.17) is 4.74 Å². The number of aromatic nitrogens is 2. The second-order valence-electron chi connectivity index (χ2n) is 8.08. The van der Waals surface area contributed by atoms with Crippen LogP contribution in [0.15, 0.2) is 29.4 Å². The third-order valence-electron chi connectivity index (χ3n) is 6.19. The summed E-state index contributed by atoms with van der Waals surface area (Å²) < 4.78 is 34.1. The van der Waals surface area contributed by atoms with Gasteiger partial charge in [0.25, 0.3) is 0 Å². The molecule has 1 aromatic heterocycles. The molecule has 0 atom stereocenters. The number of nitrogens with one attached hydrogen (secondary N) is 1. The van der Waals surface area contributed by atoms with Gasteiger partial charge in [0.15, 0.2) is 0 Å². The van der Waals surface area contributed by atoms with Crippen molar-refractivity contribution in [3.05, 3.63) is 41.3 Å². The van der Waals surface area contributed by atoms with Crippen LogP contribution in [0.1, 0.15) is 42.5 Å². The van der Waals surface area contributed by atoms with Crippen LogP contribution in [0.3, 0.4) is 0 Å². The third-order valence-corrected chi connectivity index (χ3v) is 7.71. The molecule has 1 saturated heterocycles. The lowest BCUT2D eigenvalue weighted by Gasteiger charge is -2.34. The van der Waals surface area contributed by atoms with Gasteiger partial charge >= 0.3 is 0 Å². The van der Waals surface area contributed by atoms with Crippen molar-refractivity contribution in [2.24, 2.45) is 0 Å². The van der Waals surface area contributed by atoms with Gasteiger partial charge in [0.1, 0.15) is 17.9 Å². The van der Waals surface area contributed by atoms with Gasteiger partial charge in [-0.1, -0.05) is 0 Å². The maximum Gasteiger partial charge on any atom is 0.240 e. The second kappa shape index (κ2) is 7.57. The zero-order chi connectivity index (χ0) is 19.8. The monoisotopic (exact) mass is 414 g/mol. The Hall–Kier alpha value is -2.19. The van der Waals surface area contributed by atoms with E-state index in [1.807, 2.05) is 0 Å². The van der Waals surface area contributed by atoms with Crippen molar-refractivity contribution in [1.82, 2.24) is 14.7 Å². The summed E-state index contributed by atoms with van der Waals surface area (Å²) in [5.74, 6) is 1.85. The predicted octanol–water partition coefficient (Wildman–Crippen LogP) is 2.24. The van der Waals surface area contributed by atoms with Crippen LogP contribution in [-0.4, -0.2) is 44.1 Å². The van der Waals surface area contributed by atoms with Crippen LogP contribution < -0.4 is 14.4 Å². The van der Waals surface area contributed by atoms with E-state index in [2.05, 4.69) is 19.6 Å². The van der Waals surface area contributed by atoms with Gasteiger partial charge in [0.05, 0.1) is 11.5 Å². The minimum Gasteiger partial charge on any atom is -0.493 e. The number of anilines is 1. The summed E-state index contributed by atoms with van der Waals surface area (Å²) in [6.07, 6.45) is 8.44. The maximum absolute atomic E-state index is 12.9. The van der Waals surface area contributed by atoms with E-state index in [0.717, 1.165) is 62.3 Å². The zero-order valence-electron chi connectivity index (χ0n) is 16.4. The fourth-order valence-corrected chi connectivity index (χ4v) is 5.96. The molecule has 3 heterocycles. The molecule has 2 aromatic rings. The van der Waals surface area contributed by atoms with Gasteiger partial charge in [-0.2, -0.15) is 0 Å². The molecule has 0 spiro atoms. The summed E-state index contributed by atoms with van der Waals surface area (Å²) in [4.78, 5) is 11.6. The summed E-state index contributed by atoms with van der Waals surface area (Å²) in [6.45, 7) is 2.22. The highest BCUT2D eigenvalue weighted by Gasteiger charge is 2.28. The molecule has 29 heavy (non-hydrogen) atoms. The van der Waals surface area contributed by atoms with Crippen molar-refractivity contribution in [3.63, 3.8) is 0 Å². The van der Waals surface area contributed by atoms with Crippen molar-refractivity contribution in [1.29, 1.82) is 0 Å². The number of hydrogen-bond acceptors (Lipinski definition) is 6. The summed E-state index contributed by atoms with van der Waals surface area (Å²) in [5.41, 5.74) is 3.44.